The van der Waals surface area contributed by atoms with Crippen LogP contribution in [0.4, 0.5) is 0 Å². The molecule has 4 atom stereocenters. The summed E-state index contributed by atoms with van der Waals surface area (Å²) in [6.07, 6.45) is 6.09. The summed E-state index contributed by atoms with van der Waals surface area (Å²) < 4.78 is 11.8. The summed E-state index contributed by atoms with van der Waals surface area (Å²) in [6, 6.07) is 9.09. The van der Waals surface area contributed by atoms with E-state index in [1.165, 1.54) is 0 Å². The van der Waals surface area contributed by atoms with E-state index in [2.05, 4.69) is 24.1 Å². The van der Waals surface area contributed by atoms with Crippen LogP contribution in [-0.4, -0.2) is 62.4 Å². The maximum absolute atomic E-state index is 10.8. The van der Waals surface area contributed by atoms with E-state index in [-0.39, 0.29) is 37.5 Å². The largest absolute Gasteiger partial charge is 0.504 e. The SMILES string of the molecule is CCCCc1oc(CCc2ccc(O)c(OC[C@H](O)c3cc([C@H](C)[C@H](CCCO)NC[C@H](C)O)c[nH]3)c2)cc1CO. The zero-order valence-electron chi connectivity index (χ0n) is 24.6. The second-order valence-corrected chi connectivity index (χ2v) is 11.0. The molecule has 0 aliphatic carbocycles. The number of phenols is 1. The van der Waals surface area contributed by atoms with E-state index in [9.17, 15) is 25.5 Å². The maximum atomic E-state index is 10.8. The van der Waals surface area contributed by atoms with Crippen LogP contribution in [-0.2, 0) is 25.9 Å². The van der Waals surface area contributed by atoms with E-state index in [1.807, 2.05) is 24.4 Å². The molecule has 0 saturated carbocycles. The Kier molecular flexibility index (Phi) is 13.2. The van der Waals surface area contributed by atoms with Crippen LogP contribution in [0.15, 0.2) is 40.9 Å². The normalized spacial score (nSPS) is 14.6. The van der Waals surface area contributed by atoms with Gasteiger partial charge in [0.05, 0.1) is 12.7 Å². The molecule has 41 heavy (non-hydrogen) atoms. The Morgan fingerprint density at radius 3 is 2.54 bits per heavy atom. The number of nitrogens with one attached hydrogen (secondary N) is 2. The number of unbranched alkanes of at least 4 members (excludes halogenated alkanes) is 1. The fraction of sp³-hybridized carbons (Fsp3) is 0.562. The van der Waals surface area contributed by atoms with E-state index in [4.69, 9.17) is 9.15 Å². The molecule has 9 heteroatoms. The predicted octanol–water partition coefficient (Wildman–Crippen LogP) is 4.26. The molecule has 228 valence electrons. The zero-order chi connectivity index (χ0) is 29.8. The van der Waals surface area contributed by atoms with Crippen molar-refractivity contribution in [1.29, 1.82) is 0 Å². The Labute approximate surface area is 243 Å². The van der Waals surface area contributed by atoms with Gasteiger partial charge in [0.15, 0.2) is 11.5 Å². The molecule has 7 N–H and O–H groups in total. The molecule has 0 unspecified atom stereocenters. The highest BCUT2D eigenvalue weighted by atomic mass is 16.5. The van der Waals surface area contributed by atoms with Gasteiger partial charge >= 0.3 is 0 Å². The van der Waals surface area contributed by atoms with Crippen molar-refractivity contribution in [2.24, 2.45) is 0 Å². The van der Waals surface area contributed by atoms with Gasteiger partial charge in [-0.25, -0.2) is 0 Å². The molecule has 1 aromatic carbocycles. The van der Waals surface area contributed by atoms with Crippen LogP contribution >= 0.6 is 0 Å². The second kappa shape index (κ2) is 16.6. The minimum atomic E-state index is -0.929. The first-order valence-electron chi connectivity index (χ1n) is 14.8. The smallest absolute Gasteiger partial charge is 0.161 e. The van der Waals surface area contributed by atoms with Gasteiger partial charge in [-0.2, -0.15) is 0 Å². The number of phenolic OH excluding ortho intramolecular Hbond substituents is 1. The lowest BCUT2D eigenvalue weighted by molar-refractivity contribution is 0.103. The van der Waals surface area contributed by atoms with E-state index < -0.39 is 12.2 Å². The standard InChI is InChI=1S/C32H48N2O7/c1-4-5-8-31-25(19-36)15-26(41-31)11-9-23-10-12-29(38)32(14-23)40-20-30(39)28-16-24(18-34-28)22(3)27(7-6-13-35)33-17-21(2)37/h10,12,14-16,18,21-22,27,30,33-39H,4-9,11,13,17,19-20H2,1-3H3/t21-,22-,27-,30-/m0/s1. The van der Waals surface area contributed by atoms with Crippen molar-refractivity contribution >= 4 is 0 Å². The quantitative estimate of drug-likeness (QED) is 0.113. The number of hydrogen-bond donors (Lipinski definition) is 7. The summed E-state index contributed by atoms with van der Waals surface area (Å²) in [4.78, 5) is 3.14. The molecule has 3 rings (SSSR count). The number of aromatic nitrogens is 1. The Balaban J connectivity index is 1.58. The Morgan fingerprint density at radius 2 is 1.83 bits per heavy atom. The van der Waals surface area contributed by atoms with Gasteiger partial charge in [-0.15, -0.1) is 0 Å². The lowest BCUT2D eigenvalue weighted by atomic mass is 9.91. The number of aryl methyl sites for hydroxylation is 3. The molecule has 9 nitrogen and oxygen atoms in total. The molecule has 2 heterocycles. The van der Waals surface area contributed by atoms with Crippen LogP contribution in [0.25, 0.3) is 0 Å². The lowest BCUT2D eigenvalue weighted by Gasteiger charge is -2.25. The molecule has 0 fully saturated rings. The van der Waals surface area contributed by atoms with Crippen molar-refractivity contribution in [2.75, 3.05) is 19.8 Å². The average molecular weight is 573 g/mol. The number of rotatable bonds is 19. The van der Waals surface area contributed by atoms with Crippen molar-refractivity contribution in [3.8, 4) is 11.5 Å². The highest BCUT2D eigenvalue weighted by molar-refractivity contribution is 5.42. The number of ether oxygens (including phenoxy) is 1. The third-order valence-electron chi connectivity index (χ3n) is 7.52. The minimum absolute atomic E-state index is 0.0000698. The van der Waals surface area contributed by atoms with Crippen molar-refractivity contribution in [3.63, 3.8) is 0 Å². The summed E-state index contributed by atoms with van der Waals surface area (Å²) in [5.74, 6) is 2.06. The van der Waals surface area contributed by atoms with Crippen LogP contribution in [0.5, 0.6) is 11.5 Å². The van der Waals surface area contributed by atoms with Gasteiger partial charge < -0.3 is 45.0 Å². The number of aromatic hydroxyl groups is 1. The number of benzene rings is 1. The fourth-order valence-electron chi connectivity index (χ4n) is 4.97. The molecule has 0 aliphatic rings. The molecule has 0 bridgehead atoms. The van der Waals surface area contributed by atoms with Gasteiger partial charge in [0.25, 0.3) is 0 Å². The first-order valence-corrected chi connectivity index (χ1v) is 14.8. The third kappa shape index (κ3) is 9.90. The van der Waals surface area contributed by atoms with E-state index in [0.717, 1.165) is 53.9 Å². The molecule has 3 aromatic rings. The third-order valence-corrected chi connectivity index (χ3v) is 7.52. The van der Waals surface area contributed by atoms with Crippen molar-refractivity contribution in [2.45, 2.75) is 96.5 Å². The molecular weight excluding hydrogens is 524 g/mol. The molecule has 0 spiro atoms. The van der Waals surface area contributed by atoms with Gasteiger partial charge in [-0.3, -0.25) is 0 Å². The van der Waals surface area contributed by atoms with Gasteiger partial charge in [0.1, 0.15) is 24.2 Å². The summed E-state index contributed by atoms with van der Waals surface area (Å²) in [5, 5.41) is 53.1. The van der Waals surface area contributed by atoms with Crippen molar-refractivity contribution in [3.05, 3.63) is 70.4 Å². The molecule has 0 aliphatic heterocycles. The van der Waals surface area contributed by atoms with Crippen molar-refractivity contribution in [1.82, 2.24) is 10.3 Å². The number of hydrogen-bond acceptors (Lipinski definition) is 8. The summed E-state index contributed by atoms with van der Waals surface area (Å²) in [5.41, 5.74) is 3.41. The second-order valence-electron chi connectivity index (χ2n) is 11.0. The number of aromatic amines is 1. The molecular formula is C32H48N2O7. The average Bonchev–Trinajstić information content (AvgIpc) is 3.62. The van der Waals surface area contributed by atoms with Crippen LogP contribution in [0, 0.1) is 0 Å². The zero-order valence-corrected chi connectivity index (χ0v) is 24.6. The number of H-pyrrole nitrogens is 1. The molecule has 0 saturated heterocycles. The van der Waals surface area contributed by atoms with Gasteiger partial charge in [0.2, 0.25) is 0 Å². The predicted molar refractivity (Wildman–Crippen MR) is 158 cm³/mol. The van der Waals surface area contributed by atoms with E-state index in [0.29, 0.717) is 37.3 Å². The number of furan rings is 1. The number of aliphatic hydroxyl groups excluding tert-OH is 4. The highest BCUT2D eigenvalue weighted by Gasteiger charge is 2.22. The van der Waals surface area contributed by atoms with Crippen LogP contribution in [0.1, 0.15) is 92.4 Å². The maximum Gasteiger partial charge on any atom is 0.161 e. The summed E-state index contributed by atoms with van der Waals surface area (Å²) in [6.45, 7) is 6.42. The molecule has 0 amide bonds. The van der Waals surface area contributed by atoms with Gasteiger partial charge in [-0.1, -0.05) is 26.3 Å². The number of aliphatic hydroxyl groups is 4. The minimum Gasteiger partial charge on any atom is -0.504 e. The van der Waals surface area contributed by atoms with E-state index >= 15 is 0 Å². The van der Waals surface area contributed by atoms with Gasteiger partial charge in [0, 0.05) is 49.5 Å². The topological polar surface area (TPSA) is 151 Å². The van der Waals surface area contributed by atoms with Crippen LogP contribution < -0.4 is 10.1 Å². The van der Waals surface area contributed by atoms with E-state index in [1.54, 1.807) is 19.1 Å². The monoisotopic (exact) mass is 572 g/mol. The first-order chi connectivity index (χ1) is 19.7. The highest BCUT2D eigenvalue weighted by Crippen LogP contribution is 2.30. The fourth-order valence-corrected chi connectivity index (χ4v) is 4.97. The summed E-state index contributed by atoms with van der Waals surface area (Å²) >= 11 is 0. The Morgan fingerprint density at radius 1 is 1.02 bits per heavy atom. The Hall–Kier alpha value is -2.82. The molecule has 0 radical (unpaired) electrons. The Bertz CT molecular complexity index is 1170. The van der Waals surface area contributed by atoms with Crippen molar-refractivity contribution < 1.29 is 34.7 Å². The lowest BCUT2D eigenvalue weighted by Crippen LogP contribution is -2.38. The van der Waals surface area contributed by atoms with Crippen LogP contribution in [0.2, 0.25) is 0 Å². The van der Waals surface area contributed by atoms with Crippen LogP contribution in [0.3, 0.4) is 0 Å². The van der Waals surface area contributed by atoms with Gasteiger partial charge in [-0.05, 0) is 73.9 Å². The summed E-state index contributed by atoms with van der Waals surface area (Å²) in [7, 11) is 0. The first kappa shape index (κ1) is 32.7. The molecule has 2 aromatic heterocycles.